The van der Waals surface area contributed by atoms with E-state index in [1.165, 1.54) is 5.56 Å². The second-order valence-corrected chi connectivity index (χ2v) is 4.62. The number of nitrogens with zero attached hydrogens (tertiary/aromatic N) is 2. The third-order valence-electron chi connectivity index (χ3n) is 2.51. The predicted octanol–water partition coefficient (Wildman–Crippen LogP) is 2.75. The Kier molecular flexibility index (Phi) is 5.77. The molecule has 1 rings (SSSR count). The van der Waals surface area contributed by atoms with Crippen LogP contribution in [-0.4, -0.2) is 29.8 Å². The number of rotatable bonds is 6. The van der Waals surface area contributed by atoms with Gasteiger partial charge in [0.2, 0.25) is 0 Å². The van der Waals surface area contributed by atoms with Crippen LogP contribution in [0.2, 0.25) is 0 Å². The normalized spacial score (nSPS) is 10.5. The molecule has 3 nitrogen and oxygen atoms in total. The van der Waals surface area contributed by atoms with Crippen LogP contribution in [0.1, 0.15) is 25.3 Å². The first-order valence-electron chi connectivity index (χ1n) is 5.67. The van der Waals surface area contributed by atoms with E-state index in [0.717, 1.165) is 29.7 Å². The van der Waals surface area contributed by atoms with E-state index in [1.807, 2.05) is 19.2 Å². The van der Waals surface area contributed by atoms with Crippen molar-refractivity contribution >= 4 is 21.7 Å². The molecule has 0 amide bonds. The van der Waals surface area contributed by atoms with Crippen LogP contribution >= 0.6 is 15.9 Å². The van der Waals surface area contributed by atoms with Crippen LogP contribution < -0.4 is 4.90 Å². The fraction of sp³-hybridized carbons (Fsp3) is 0.583. The smallest absolute Gasteiger partial charge is 0.143 e. The van der Waals surface area contributed by atoms with Crippen LogP contribution in [0.4, 0.5) is 5.82 Å². The lowest BCUT2D eigenvalue weighted by Gasteiger charge is -2.24. The van der Waals surface area contributed by atoms with Crippen LogP contribution in [0.15, 0.2) is 16.7 Å². The first-order valence-corrected chi connectivity index (χ1v) is 6.47. The number of hydrogen-bond acceptors (Lipinski definition) is 3. The van der Waals surface area contributed by atoms with Crippen molar-refractivity contribution < 1.29 is 5.11 Å². The monoisotopic (exact) mass is 286 g/mol. The SMILES string of the molecule is CCCCN(CCO)c1nccc(C)c1Br. The largest absolute Gasteiger partial charge is 0.395 e. The van der Waals surface area contributed by atoms with Crippen molar-refractivity contribution in [2.45, 2.75) is 26.7 Å². The highest BCUT2D eigenvalue weighted by atomic mass is 79.9. The van der Waals surface area contributed by atoms with Crippen molar-refractivity contribution in [2.24, 2.45) is 0 Å². The lowest BCUT2D eigenvalue weighted by molar-refractivity contribution is 0.301. The maximum Gasteiger partial charge on any atom is 0.143 e. The third kappa shape index (κ3) is 3.46. The summed E-state index contributed by atoms with van der Waals surface area (Å²) in [5, 5.41) is 9.07. The van der Waals surface area contributed by atoms with Crippen LogP contribution in [0.3, 0.4) is 0 Å². The van der Waals surface area contributed by atoms with E-state index in [4.69, 9.17) is 5.11 Å². The summed E-state index contributed by atoms with van der Waals surface area (Å²) < 4.78 is 1.03. The Balaban J connectivity index is 2.86. The maximum absolute atomic E-state index is 9.07. The van der Waals surface area contributed by atoms with E-state index in [9.17, 15) is 0 Å². The Morgan fingerprint density at radius 1 is 1.44 bits per heavy atom. The highest BCUT2D eigenvalue weighted by Crippen LogP contribution is 2.26. The molecule has 0 spiro atoms. The molecule has 0 aromatic carbocycles. The number of aliphatic hydroxyl groups is 1. The number of pyridine rings is 1. The Labute approximate surface area is 106 Å². The summed E-state index contributed by atoms with van der Waals surface area (Å²) >= 11 is 3.56. The number of anilines is 1. The number of halogens is 1. The first kappa shape index (κ1) is 13.5. The predicted molar refractivity (Wildman–Crippen MR) is 70.9 cm³/mol. The molecule has 0 unspecified atom stereocenters. The van der Waals surface area contributed by atoms with Crippen molar-refractivity contribution in [2.75, 3.05) is 24.6 Å². The maximum atomic E-state index is 9.07. The van der Waals surface area contributed by atoms with Crippen LogP contribution in [-0.2, 0) is 0 Å². The molecule has 1 heterocycles. The topological polar surface area (TPSA) is 36.4 Å². The van der Waals surface area contributed by atoms with Gasteiger partial charge in [-0.05, 0) is 40.9 Å². The second-order valence-electron chi connectivity index (χ2n) is 3.83. The van der Waals surface area contributed by atoms with Gasteiger partial charge in [0.1, 0.15) is 5.82 Å². The number of hydrogen-bond donors (Lipinski definition) is 1. The van der Waals surface area contributed by atoms with Gasteiger partial charge in [0, 0.05) is 19.3 Å². The van der Waals surface area contributed by atoms with Gasteiger partial charge in [-0.3, -0.25) is 0 Å². The average molecular weight is 287 g/mol. The summed E-state index contributed by atoms with van der Waals surface area (Å²) in [7, 11) is 0. The lowest BCUT2D eigenvalue weighted by atomic mass is 10.2. The van der Waals surface area contributed by atoms with Crippen LogP contribution in [0.5, 0.6) is 0 Å². The van der Waals surface area contributed by atoms with E-state index in [1.54, 1.807) is 0 Å². The van der Waals surface area contributed by atoms with Crippen molar-refractivity contribution in [3.05, 3.63) is 22.3 Å². The molecule has 0 saturated carbocycles. The zero-order valence-corrected chi connectivity index (χ0v) is 11.5. The fourth-order valence-electron chi connectivity index (χ4n) is 1.54. The quantitative estimate of drug-likeness (QED) is 0.874. The molecule has 1 aromatic rings. The number of unbranched alkanes of at least 4 members (excludes halogenated alkanes) is 1. The van der Waals surface area contributed by atoms with Gasteiger partial charge in [-0.1, -0.05) is 13.3 Å². The molecular weight excluding hydrogens is 268 g/mol. The first-order chi connectivity index (χ1) is 7.70. The van der Waals surface area contributed by atoms with Gasteiger partial charge in [-0.15, -0.1) is 0 Å². The molecule has 0 fully saturated rings. The number of aromatic nitrogens is 1. The summed E-state index contributed by atoms with van der Waals surface area (Å²) in [6.07, 6.45) is 4.07. The zero-order chi connectivity index (χ0) is 12.0. The summed E-state index contributed by atoms with van der Waals surface area (Å²) in [6, 6.07) is 1.98. The minimum absolute atomic E-state index is 0.159. The Hall–Kier alpha value is -0.610. The Morgan fingerprint density at radius 2 is 2.19 bits per heavy atom. The average Bonchev–Trinajstić information content (AvgIpc) is 2.28. The van der Waals surface area contributed by atoms with E-state index < -0.39 is 0 Å². The van der Waals surface area contributed by atoms with Crippen molar-refractivity contribution in [3.8, 4) is 0 Å². The Morgan fingerprint density at radius 3 is 2.81 bits per heavy atom. The van der Waals surface area contributed by atoms with Gasteiger partial charge >= 0.3 is 0 Å². The molecule has 0 aliphatic heterocycles. The molecule has 4 heteroatoms. The molecular formula is C12H19BrN2O. The molecule has 0 aliphatic carbocycles. The molecule has 0 atom stereocenters. The van der Waals surface area contributed by atoms with Gasteiger partial charge in [0.15, 0.2) is 0 Å². The van der Waals surface area contributed by atoms with Crippen molar-refractivity contribution in [1.29, 1.82) is 0 Å². The van der Waals surface area contributed by atoms with E-state index in [-0.39, 0.29) is 6.61 Å². The minimum atomic E-state index is 0.159. The second kappa shape index (κ2) is 6.86. The van der Waals surface area contributed by atoms with Gasteiger partial charge < -0.3 is 10.0 Å². The van der Waals surface area contributed by atoms with E-state index in [0.29, 0.717) is 6.54 Å². The molecule has 0 bridgehead atoms. The van der Waals surface area contributed by atoms with E-state index in [2.05, 4.69) is 32.7 Å². The van der Waals surface area contributed by atoms with Gasteiger partial charge in [-0.2, -0.15) is 0 Å². The molecule has 16 heavy (non-hydrogen) atoms. The summed E-state index contributed by atoms with van der Waals surface area (Å²) in [4.78, 5) is 6.50. The number of aliphatic hydroxyl groups excluding tert-OH is 1. The summed E-state index contributed by atoms with van der Waals surface area (Å²) in [5.74, 6) is 0.933. The standard InChI is InChI=1S/C12H19BrN2O/c1-3-4-7-15(8-9-16)12-11(13)10(2)5-6-14-12/h5-6,16H,3-4,7-9H2,1-2H3. The van der Waals surface area contributed by atoms with Gasteiger partial charge in [0.25, 0.3) is 0 Å². The van der Waals surface area contributed by atoms with Crippen molar-refractivity contribution in [1.82, 2.24) is 4.98 Å². The molecule has 1 N–H and O–H groups in total. The highest BCUT2D eigenvalue weighted by Gasteiger charge is 2.11. The molecule has 0 radical (unpaired) electrons. The number of aryl methyl sites for hydroxylation is 1. The summed E-state index contributed by atoms with van der Waals surface area (Å²) in [5.41, 5.74) is 1.17. The van der Waals surface area contributed by atoms with Crippen LogP contribution in [0, 0.1) is 6.92 Å². The van der Waals surface area contributed by atoms with Gasteiger partial charge in [0.05, 0.1) is 11.1 Å². The van der Waals surface area contributed by atoms with Gasteiger partial charge in [-0.25, -0.2) is 4.98 Å². The summed E-state index contributed by atoms with van der Waals surface area (Å²) in [6.45, 7) is 5.94. The fourth-order valence-corrected chi connectivity index (χ4v) is 2.02. The molecule has 1 aromatic heterocycles. The lowest BCUT2D eigenvalue weighted by Crippen LogP contribution is -2.29. The molecule has 0 aliphatic rings. The van der Waals surface area contributed by atoms with Crippen molar-refractivity contribution in [3.63, 3.8) is 0 Å². The molecule has 90 valence electrons. The Bertz CT molecular complexity index is 331. The molecule has 0 saturated heterocycles. The van der Waals surface area contributed by atoms with Crippen LogP contribution in [0.25, 0.3) is 0 Å². The zero-order valence-electron chi connectivity index (χ0n) is 9.91. The highest BCUT2D eigenvalue weighted by molar-refractivity contribution is 9.10. The third-order valence-corrected chi connectivity index (χ3v) is 3.49. The van der Waals surface area contributed by atoms with E-state index >= 15 is 0 Å². The minimum Gasteiger partial charge on any atom is -0.395 e.